The molecule has 2 aliphatic heterocycles. The number of hydrogen-bond donors (Lipinski definition) is 1. The molecule has 3 amide bonds. The largest absolute Gasteiger partial charge is 0.416 e. The highest BCUT2D eigenvalue weighted by atomic mass is 19.4. The molecule has 40 heavy (non-hydrogen) atoms. The van der Waals surface area contributed by atoms with Crippen molar-refractivity contribution in [1.82, 2.24) is 9.80 Å². The second-order valence-electron chi connectivity index (χ2n) is 9.86. The van der Waals surface area contributed by atoms with Crippen molar-refractivity contribution < 1.29 is 31.9 Å². The molecule has 2 saturated heterocycles. The summed E-state index contributed by atoms with van der Waals surface area (Å²) in [5.41, 5.74) is -0.488. The molecule has 11 heteroatoms. The molecule has 2 aliphatic rings. The molecule has 0 bridgehead atoms. The van der Waals surface area contributed by atoms with E-state index in [0.29, 0.717) is 5.69 Å². The first kappa shape index (κ1) is 27.2. The molecule has 1 spiro atoms. The number of anilines is 2. The first-order valence-electron chi connectivity index (χ1n) is 12.7. The summed E-state index contributed by atoms with van der Waals surface area (Å²) in [6.45, 7) is 0.372. The zero-order valence-corrected chi connectivity index (χ0v) is 21.3. The van der Waals surface area contributed by atoms with E-state index in [-0.39, 0.29) is 50.6 Å². The van der Waals surface area contributed by atoms with Crippen molar-refractivity contribution in [3.8, 4) is 0 Å². The minimum absolute atomic E-state index is 0.140. The van der Waals surface area contributed by atoms with Gasteiger partial charge in [0.1, 0.15) is 17.9 Å². The van der Waals surface area contributed by atoms with Crippen LogP contribution >= 0.6 is 0 Å². The van der Waals surface area contributed by atoms with E-state index >= 15 is 0 Å². The van der Waals surface area contributed by atoms with Crippen molar-refractivity contribution in [3.63, 3.8) is 0 Å². The van der Waals surface area contributed by atoms with Crippen LogP contribution in [-0.4, -0.2) is 59.4 Å². The Kier molecular flexibility index (Phi) is 7.22. The van der Waals surface area contributed by atoms with Crippen molar-refractivity contribution in [2.75, 3.05) is 36.5 Å². The Hall–Kier alpha value is -4.41. The predicted molar refractivity (Wildman–Crippen MR) is 140 cm³/mol. The van der Waals surface area contributed by atoms with Crippen molar-refractivity contribution in [2.45, 2.75) is 24.6 Å². The van der Waals surface area contributed by atoms with Crippen LogP contribution < -0.4 is 10.2 Å². The number of amides is 3. The van der Waals surface area contributed by atoms with Gasteiger partial charge in [-0.2, -0.15) is 13.2 Å². The van der Waals surface area contributed by atoms with E-state index in [0.717, 1.165) is 30.0 Å². The van der Waals surface area contributed by atoms with Crippen molar-refractivity contribution >= 4 is 29.1 Å². The molecule has 208 valence electrons. The maximum Gasteiger partial charge on any atom is 0.416 e. The van der Waals surface area contributed by atoms with Gasteiger partial charge >= 0.3 is 6.18 Å². The normalized spacial score (nSPS) is 16.9. The lowest BCUT2D eigenvalue weighted by Crippen LogP contribution is -2.57. The van der Waals surface area contributed by atoms with Crippen molar-refractivity contribution in [1.29, 1.82) is 0 Å². The summed E-state index contributed by atoms with van der Waals surface area (Å²) in [5.74, 6) is -1.51. The Morgan fingerprint density at radius 1 is 0.875 bits per heavy atom. The number of likely N-dealkylation sites (tertiary alicyclic amines) is 1. The molecule has 7 nitrogen and oxygen atoms in total. The quantitative estimate of drug-likeness (QED) is 0.462. The molecule has 5 rings (SSSR count). The van der Waals surface area contributed by atoms with Crippen LogP contribution in [0.25, 0.3) is 0 Å². The molecule has 0 unspecified atom stereocenters. The Bertz CT molecular complexity index is 1390. The van der Waals surface area contributed by atoms with E-state index in [4.69, 9.17) is 0 Å². The molecule has 1 N–H and O–H groups in total. The second-order valence-corrected chi connectivity index (χ2v) is 9.86. The summed E-state index contributed by atoms with van der Waals surface area (Å²) < 4.78 is 52.0. The summed E-state index contributed by atoms with van der Waals surface area (Å²) in [6, 6.07) is 18.7. The fraction of sp³-hybridized carbons (Fsp3) is 0.276. The lowest BCUT2D eigenvalue weighted by atomic mass is 9.85. The number of alkyl halides is 3. The maximum absolute atomic E-state index is 13.8. The molecule has 2 heterocycles. The molecular formula is C29H26F4N4O3. The summed E-state index contributed by atoms with van der Waals surface area (Å²) in [6.07, 6.45) is -3.93. The minimum Gasteiger partial charge on any atom is -0.339 e. The van der Waals surface area contributed by atoms with Crippen LogP contribution in [0.3, 0.4) is 0 Å². The molecule has 0 saturated carbocycles. The SMILES string of the molecule is O=C(CN1CN(c2ccccc2)C2(CCN(C(=O)c3ccc(C(F)(F)F)cc3)CC2)C1=O)Nc1ccc(F)cc1. The van der Waals surface area contributed by atoms with Gasteiger partial charge < -0.3 is 20.0 Å². The third-order valence-corrected chi connectivity index (χ3v) is 7.38. The second kappa shape index (κ2) is 10.6. The number of hydrogen-bond acceptors (Lipinski definition) is 4. The van der Waals surface area contributed by atoms with E-state index in [2.05, 4.69) is 5.32 Å². The number of benzene rings is 3. The van der Waals surface area contributed by atoms with Crippen LogP contribution in [0, 0.1) is 5.82 Å². The fourth-order valence-corrected chi connectivity index (χ4v) is 5.29. The summed E-state index contributed by atoms with van der Waals surface area (Å²) in [7, 11) is 0. The fourth-order valence-electron chi connectivity index (χ4n) is 5.29. The van der Waals surface area contributed by atoms with Gasteiger partial charge in [-0.3, -0.25) is 14.4 Å². The third-order valence-electron chi connectivity index (χ3n) is 7.38. The summed E-state index contributed by atoms with van der Waals surface area (Å²) >= 11 is 0. The van der Waals surface area contributed by atoms with Gasteiger partial charge in [0.2, 0.25) is 5.91 Å². The predicted octanol–water partition coefficient (Wildman–Crippen LogP) is 4.76. The van der Waals surface area contributed by atoms with Gasteiger partial charge in [0, 0.05) is 30.0 Å². The standard InChI is InChI=1S/C29H26F4N4O3/c30-22-10-12-23(13-11-22)34-25(38)18-36-19-37(24-4-2-1-3-5-24)28(27(36)40)14-16-35(17-15-28)26(39)20-6-8-21(9-7-20)29(31,32)33/h1-13H,14-19H2,(H,34,38). The number of rotatable bonds is 5. The molecule has 3 aromatic rings. The average Bonchev–Trinajstić information content (AvgIpc) is 3.20. The number of nitrogens with one attached hydrogen (secondary N) is 1. The Labute approximate surface area is 228 Å². The highest BCUT2D eigenvalue weighted by Gasteiger charge is 2.54. The van der Waals surface area contributed by atoms with Gasteiger partial charge in [-0.05, 0) is 73.5 Å². The Morgan fingerprint density at radius 2 is 1.50 bits per heavy atom. The van der Waals surface area contributed by atoms with E-state index < -0.39 is 34.9 Å². The van der Waals surface area contributed by atoms with E-state index in [1.165, 1.54) is 34.1 Å². The molecule has 0 atom stereocenters. The summed E-state index contributed by atoms with van der Waals surface area (Å²) in [4.78, 5) is 44.6. The molecular weight excluding hydrogens is 528 g/mol. The van der Waals surface area contributed by atoms with Crippen LogP contribution in [0.1, 0.15) is 28.8 Å². The molecule has 2 fully saturated rings. The number of carbonyl (C=O) groups is 3. The zero-order chi connectivity index (χ0) is 28.5. The molecule has 0 aromatic heterocycles. The molecule has 3 aromatic carbocycles. The van der Waals surface area contributed by atoms with Crippen molar-refractivity contribution in [2.24, 2.45) is 0 Å². The number of halogens is 4. The van der Waals surface area contributed by atoms with E-state index in [9.17, 15) is 31.9 Å². The van der Waals surface area contributed by atoms with Crippen LogP contribution in [0.2, 0.25) is 0 Å². The first-order chi connectivity index (χ1) is 19.1. The maximum atomic E-state index is 13.8. The lowest BCUT2D eigenvalue weighted by Gasteiger charge is -2.43. The number of para-hydroxylation sites is 1. The van der Waals surface area contributed by atoms with Crippen LogP contribution in [-0.2, 0) is 15.8 Å². The number of nitrogens with zero attached hydrogens (tertiary/aromatic N) is 3. The molecule has 0 aliphatic carbocycles. The Balaban J connectivity index is 1.31. The van der Waals surface area contributed by atoms with Crippen LogP contribution in [0.4, 0.5) is 28.9 Å². The Morgan fingerprint density at radius 3 is 2.10 bits per heavy atom. The summed E-state index contributed by atoms with van der Waals surface area (Å²) in [5, 5.41) is 2.67. The van der Waals surface area contributed by atoms with Crippen molar-refractivity contribution in [3.05, 3.63) is 95.8 Å². The number of piperidine rings is 1. The first-order valence-corrected chi connectivity index (χ1v) is 12.7. The number of carbonyl (C=O) groups excluding carboxylic acids is 3. The van der Waals surface area contributed by atoms with Gasteiger partial charge in [0.15, 0.2) is 0 Å². The van der Waals surface area contributed by atoms with Gasteiger partial charge in [0.05, 0.1) is 12.2 Å². The topological polar surface area (TPSA) is 73.0 Å². The lowest BCUT2D eigenvalue weighted by molar-refractivity contribution is -0.137. The van der Waals surface area contributed by atoms with E-state index in [1.807, 2.05) is 35.2 Å². The molecule has 0 radical (unpaired) electrons. The van der Waals surface area contributed by atoms with Gasteiger partial charge in [-0.1, -0.05) is 18.2 Å². The van der Waals surface area contributed by atoms with Gasteiger partial charge in [-0.15, -0.1) is 0 Å². The van der Waals surface area contributed by atoms with E-state index in [1.54, 1.807) is 0 Å². The highest BCUT2D eigenvalue weighted by molar-refractivity contribution is 6.00. The smallest absolute Gasteiger partial charge is 0.339 e. The highest BCUT2D eigenvalue weighted by Crippen LogP contribution is 2.40. The van der Waals surface area contributed by atoms with Gasteiger partial charge in [0.25, 0.3) is 11.8 Å². The van der Waals surface area contributed by atoms with Crippen LogP contribution in [0.5, 0.6) is 0 Å². The minimum atomic E-state index is -4.50. The third kappa shape index (κ3) is 5.36. The monoisotopic (exact) mass is 554 g/mol. The van der Waals surface area contributed by atoms with Gasteiger partial charge in [-0.25, -0.2) is 4.39 Å². The zero-order valence-electron chi connectivity index (χ0n) is 21.3. The average molecular weight is 555 g/mol. The van der Waals surface area contributed by atoms with Crippen LogP contribution in [0.15, 0.2) is 78.9 Å².